The van der Waals surface area contributed by atoms with E-state index in [1.165, 1.54) is 11.1 Å². The van der Waals surface area contributed by atoms with Gasteiger partial charge in [-0.25, -0.2) is 0 Å². The molecule has 0 unspecified atom stereocenters. The van der Waals surface area contributed by atoms with Crippen LogP contribution in [0, 0.1) is 12.3 Å². The van der Waals surface area contributed by atoms with E-state index in [0.29, 0.717) is 5.56 Å². The van der Waals surface area contributed by atoms with Gasteiger partial charge in [0.15, 0.2) is 0 Å². The fourth-order valence-corrected chi connectivity index (χ4v) is 3.02. The highest BCUT2D eigenvalue weighted by atomic mass is 16.2. The van der Waals surface area contributed by atoms with Crippen LogP contribution in [-0.2, 0) is 17.6 Å². The molecule has 4 heteroatoms. The topological polar surface area (TPSA) is 72.2 Å². The van der Waals surface area contributed by atoms with E-state index in [4.69, 9.17) is 5.73 Å². The maximum atomic E-state index is 12.6. The molecule has 0 radical (unpaired) electrons. The van der Waals surface area contributed by atoms with Crippen molar-refractivity contribution in [3.63, 3.8) is 0 Å². The lowest BCUT2D eigenvalue weighted by molar-refractivity contribution is -0.122. The van der Waals surface area contributed by atoms with E-state index in [1.54, 1.807) is 0 Å². The highest BCUT2D eigenvalue weighted by Crippen LogP contribution is 2.29. The average Bonchev–Trinajstić information content (AvgIpc) is 2.84. The number of amides is 2. The summed E-state index contributed by atoms with van der Waals surface area (Å²) in [6, 6.07) is 3.16. The van der Waals surface area contributed by atoms with Crippen LogP contribution in [0.15, 0.2) is 12.1 Å². The summed E-state index contributed by atoms with van der Waals surface area (Å²) in [5.74, 6) is -0.702. The standard InChI is InChI=1S/C17H24N2O2/c1-10-8-9-13(12-7-5-6-11(10)12)16(21)19-14(15(18)20)17(2,3)4/h8-9,14H,5-7H2,1-4H3,(H2,18,20)(H,19,21)/t14-/m1/s1. The predicted octanol–water partition coefficient (Wildman–Crippen LogP) is 2.11. The van der Waals surface area contributed by atoms with Gasteiger partial charge in [-0.15, -0.1) is 0 Å². The number of hydrogen-bond donors (Lipinski definition) is 2. The lowest BCUT2D eigenvalue weighted by Crippen LogP contribution is -2.52. The van der Waals surface area contributed by atoms with Crippen molar-refractivity contribution in [1.29, 1.82) is 0 Å². The van der Waals surface area contributed by atoms with Gasteiger partial charge in [0.2, 0.25) is 5.91 Å². The smallest absolute Gasteiger partial charge is 0.252 e. The Kier molecular flexibility index (Phi) is 4.08. The Hall–Kier alpha value is -1.84. The summed E-state index contributed by atoms with van der Waals surface area (Å²) in [6.45, 7) is 7.75. The summed E-state index contributed by atoms with van der Waals surface area (Å²) in [7, 11) is 0. The van der Waals surface area contributed by atoms with E-state index in [-0.39, 0.29) is 5.91 Å². The van der Waals surface area contributed by atoms with Crippen molar-refractivity contribution < 1.29 is 9.59 Å². The van der Waals surface area contributed by atoms with Crippen LogP contribution >= 0.6 is 0 Å². The van der Waals surface area contributed by atoms with Crippen molar-refractivity contribution in [2.24, 2.45) is 11.1 Å². The number of nitrogens with two attached hydrogens (primary N) is 1. The number of nitrogens with one attached hydrogen (secondary N) is 1. The highest BCUT2D eigenvalue weighted by molar-refractivity contribution is 5.99. The van der Waals surface area contributed by atoms with Crippen LogP contribution in [-0.4, -0.2) is 17.9 Å². The SMILES string of the molecule is Cc1ccc(C(=O)N[C@H](C(N)=O)C(C)(C)C)c2c1CCC2. The summed E-state index contributed by atoms with van der Waals surface area (Å²) >= 11 is 0. The molecule has 0 bridgehead atoms. The fourth-order valence-electron chi connectivity index (χ4n) is 3.02. The Morgan fingerprint density at radius 3 is 2.38 bits per heavy atom. The van der Waals surface area contributed by atoms with Gasteiger partial charge >= 0.3 is 0 Å². The summed E-state index contributed by atoms with van der Waals surface area (Å²) in [5.41, 5.74) is 9.36. The van der Waals surface area contributed by atoms with E-state index in [9.17, 15) is 9.59 Å². The molecular formula is C17H24N2O2. The zero-order valence-electron chi connectivity index (χ0n) is 13.2. The Morgan fingerprint density at radius 1 is 1.19 bits per heavy atom. The summed E-state index contributed by atoms with van der Waals surface area (Å²) < 4.78 is 0. The Morgan fingerprint density at radius 2 is 1.81 bits per heavy atom. The first-order valence-electron chi connectivity index (χ1n) is 7.43. The van der Waals surface area contributed by atoms with Crippen LogP contribution < -0.4 is 11.1 Å². The molecule has 4 nitrogen and oxygen atoms in total. The van der Waals surface area contributed by atoms with Crippen LogP contribution in [0.25, 0.3) is 0 Å². The molecule has 0 spiro atoms. The summed E-state index contributed by atoms with van der Waals surface area (Å²) in [5, 5.41) is 2.81. The molecule has 2 amide bonds. The molecule has 0 heterocycles. The van der Waals surface area contributed by atoms with Gasteiger partial charge in [-0.05, 0) is 54.4 Å². The summed E-state index contributed by atoms with van der Waals surface area (Å²) in [4.78, 5) is 24.2. The van der Waals surface area contributed by atoms with E-state index in [0.717, 1.165) is 24.8 Å². The minimum absolute atomic E-state index is 0.202. The molecule has 0 fully saturated rings. The number of carbonyl (C=O) groups excluding carboxylic acids is 2. The minimum atomic E-state index is -0.677. The van der Waals surface area contributed by atoms with E-state index >= 15 is 0 Å². The third-order valence-electron chi connectivity index (χ3n) is 4.19. The molecule has 2 rings (SSSR count). The first-order valence-corrected chi connectivity index (χ1v) is 7.43. The molecule has 3 N–H and O–H groups in total. The van der Waals surface area contributed by atoms with Crippen molar-refractivity contribution in [1.82, 2.24) is 5.32 Å². The van der Waals surface area contributed by atoms with Crippen LogP contribution in [0.4, 0.5) is 0 Å². The van der Waals surface area contributed by atoms with Gasteiger partial charge in [0.05, 0.1) is 0 Å². The van der Waals surface area contributed by atoms with E-state index < -0.39 is 17.4 Å². The highest BCUT2D eigenvalue weighted by Gasteiger charge is 2.32. The molecule has 1 aliphatic rings. The van der Waals surface area contributed by atoms with Crippen molar-refractivity contribution in [3.8, 4) is 0 Å². The van der Waals surface area contributed by atoms with Gasteiger partial charge in [0, 0.05) is 5.56 Å². The van der Waals surface area contributed by atoms with Gasteiger partial charge in [0.1, 0.15) is 6.04 Å². The van der Waals surface area contributed by atoms with Crippen LogP contribution in [0.1, 0.15) is 54.2 Å². The normalized spacial score (nSPS) is 15.4. The number of fused-ring (bicyclic) bond motifs is 1. The number of primary amides is 1. The largest absolute Gasteiger partial charge is 0.368 e. The monoisotopic (exact) mass is 288 g/mol. The fraction of sp³-hybridized carbons (Fsp3) is 0.529. The Balaban J connectivity index is 2.30. The van der Waals surface area contributed by atoms with Gasteiger partial charge in [-0.1, -0.05) is 26.8 Å². The molecular weight excluding hydrogens is 264 g/mol. The van der Waals surface area contributed by atoms with Gasteiger partial charge in [0.25, 0.3) is 5.91 Å². The number of aryl methyl sites for hydroxylation is 1. The van der Waals surface area contributed by atoms with E-state index in [2.05, 4.69) is 12.2 Å². The van der Waals surface area contributed by atoms with Gasteiger partial charge in [-0.3, -0.25) is 9.59 Å². The van der Waals surface area contributed by atoms with Crippen molar-refractivity contribution in [2.45, 2.75) is 53.0 Å². The van der Waals surface area contributed by atoms with E-state index in [1.807, 2.05) is 32.9 Å². The number of hydrogen-bond acceptors (Lipinski definition) is 2. The van der Waals surface area contributed by atoms with Crippen LogP contribution in [0.5, 0.6) is 0 Å². The number of rotatable bonds is 3. The third-order valence-corrected chi connectivity index (χ3v) is 4.19. The predicted molar refractivity (Wildman–Crippen MR) is 83.1 cm³/mol. The van der Waals surface area contributed by atoms with Gasteiger partial charge < -0.3 is 11.1 Å². The molecule has 1 aliphatic carbocycles. The van der Waals surface area contributed by atoms with Crippen LogP contribution in [0.3, 0.4) is 0 Å². The Labute approximate surface area is 126 Å². The van der Waals surface area contributed by atoms with Crippen molar-refractivity contribution in [3.05, 3.63) is 34.4 Å². The molecule has 0 saturated heterocycles. The van der Waals surface area contributed by atoms with Crippen molar-refractivity contribution >= 4 is 11.8 Å². The quantitative estimate of drug-likeness (QED) is 0.894. The lowest BCUT2D eigenvalue weighted by Gasteiger charge is -2.29. The van der Waals surface area contributed by atoms with Crippen molar-refractivity contribution in [2.75, 3.05) is 0 Å². The lowest BCUT2D eigenvalue weighted by atomic mass is 9.86. The second-order valence-corrected chi connectivity index (χ2v) is 6.92. The van der Waals surface area contributed by atoms with Gasteiger partial charge in [-0.2, -0.15) is 0 Å². The average molecular weight is 288 g/mol. The Bertz CT molecular complexity index is 585. The molecule has 21 heavy (non-hydrogen) atoms. The first-order chi connectivity index (χ1) is 9.71. The summed E-state index contributed by atoms with van der Waals surface area (Å²) in [6.07, 6.45) is 3.04. The first kappa shape index (κ1) is 15.5. The maximum Gasteiger partial charge on any atom is 0.252 e. The second-order valence-electron chi connectivity index (χ2n) is 6.92. The molecule has 1 aromatic carbocycles. The number of benzene rings is 1. The molecule has 0 aromatic heterocycles. The molecule has 0 saturated carbocycles. The van der Waals surface area contributed by atoms with Crippen LogP contribution in [0.2, 0.25) is 0 Å². The number of carbonyl (C=O) groups is 2. The molecule has 114 valence electrons. The molecule has 1 atom stereocenters. The molecule has 0 aliphatic heterocycles. The third kappa shape index (κ3) is 3.09. The molecule has 1 aromatic rings. The second kappa shape index (κ2) is 5.51. The maximum absolute atomic E-state index is 12.6. The zero-order valence-corrected chi connectivity index (χ0v) is 13.2. The zero-order chi connectivity index (χ0) is 15.8. The minimum Gasteiger partial charge on any atom is -0.368 e.